The summed E-state index contributed by atoms with van der Waals surface area (Å²) in [6, 6.07) is 3.04. The molecule has 116 valence electrons. The van der Waals surface area contributed by atoms with Crippen molar-refractivity contribution in [1.82, 2.24) is 0 Å². The molecule has 0 amide bonds. The van der Waals surface area contributed by atoms with Gasteiger partial charge in [0.2, 0.25) is 0 Å². The highest BCUT2D eigenvalue weighted by atomic mass is 19.1. The van der Waals surface area contributed by atoms with Gasteiger partial charge in [-0.2, -0.15) is 0 Å². The SMILES string of the molecule is CC1(C)CCCC1(O)CN=C(N)Nc1cc(F)ccc1F. The van der Waals surface area contributed by atoms with Gasteiger partial charge in [0, 0.05) is 6.07 Å². The third kappa shape index (κ3) is 3.32. The zero-order chi connectivity index (χ0) is 15.7. The van der Waals surface area contributed by atoms with Crippen molar-refractivity contribution in [1.29, 1.82) is 0 Å². The van der Waals surface area contributed by atoms with Crippen LogP contribution in [0.2, 0.25) is 0 Å². The van der Waals surface area contributed by atoms with E-state index in [1.165, 1.54) is 0 Å². The number of rotatable bonds is 3. The molecule has 0 spiro atoms. The van der Waals surface area contributed by atoms with Gasteiger partial charge in [-0.3, -0.25) is 4.99 Å². The average molecular weight is 297 g/mol. The summed E-state index contributed by atoms with van der Waals surface area (Å²) in [5.74, 6) is -1.23. The Labute approximate surface area is 123 Å². The molecule has 1 aliphatic rings. The van der Waals surface area contributed by atoms with E-state index in [9.17, 15) is 13.9 Å². The topological polar surface area (TPSA) is 70.6 Å². The van der Waals surface area contributed by atoms with Crippen molar-refractivity contribution in [3.63, 3.8) is 0 Å². The van der Waals surface area contributed by atoms with Crippen LogP contribution in [0, 0.1) is 17.0 Å². The van der Waals surface area contributed by atoms with Gasteiger partial charge >= 0.3 is 0 Å². The molecule has 0 radical (unpaired) electrons. The third-order valence-electron chi connectivity index (χ3n) is 4.35. The molecule has 1 fully saturated rings. The number of anilines is 1. The zero-order valence-corrected chi connectivity index (χ0v) is 12.3. The van der Waals surface area contributed by atoms with E-state index in [-0.39, 0.29) is 23.6 Å². The number of nitrogens with one attached hydrogen (secondary N) is 1. The number of aliphatic imine (C=N–C) groups is 1. The molecule has 1 unspecified atom stereocenters. The Bertz CT molecular complexity index is 560. The van der Waals surface area contributed by atoms with Gasteiger partial charge in [-0.15, -0.1) is 0 Å². The van der Waals surface area contributed by atoms with Crippen molar-refractivity contribution in [2.75, 3.05) is 11.9 Å². The predicted octanol–water partition coefficient (Wildman–Crippen LogP) is 2.63. The summed E-state index contributed by atoms with van der Waals surface area (Å²) >= 11 is 0. The van der Waals surface area contributed by atoms with E-state index in [0.717, 1.165) is 31.0 Å². The average Bonchev–Trinajstić information content (AvgIpc) is 2.66. The molecule has 0 aromatic heterocycles. The molecule has 21 heavy (non-hydrogen) atoms. The zero-order valence-electron chi connectivity index (χ0n) is 12.3. The Hall–Kier alpha value is -1.69. The van der Waals surface area contributed by atoms with E-state index in [0.29, 0.717) is 6.42 Å². The van der Waals surface area contributed by atoms with Crippen molar-refractivity contribution in [3.05, 3.63) is 29.8 Å². The number of hydrogen-bond acceptors (Lipinski definition) is 2. The van der Waals surface area contributed by atoms with Crippen LogP contribution in [0.25, 0.3) is 0 Å². The molecule has 1 aliphatic carbocycles. The van der Waals surface area contributed by atoms with Crippen molar-refractivity contribution >= 4 is 11.6 Å². The van der Waals surface area contributed by atoms with Crippen LogP contribution in [-0.4, -0.2) is 23.2 Å². The third-order valence-corrected chi connectivity index (χ3v) is 4.35. The van der Waals surface area contributed by atoms with E-state index < -0.39 is 17.2 Å². The number of nitrogens with two attached hydrogens (primary N) is 1. The largest absolute Gasteiger partial charge is 0.387 e. The first-order valence-electron chi connectivity index (χ1n) is 6.98. The number of aliphatic hydroxyl groups is 1. The van der Waals surface area contributed by atoms with Crippen molar-refractivity contribution in [2.45, 2.75) is 38.7 Å². The molecule has 4 N–H and O–H groups in total. The second kappa shape index (κ2) is 5.60. The van der Waals surface area contributed by atoms with Gasteiger partial charge in [0.25, 0.3) is 0 Å². The van der Waals surface area contributed by atoms with Crippen LogP contribution in [0.1, 0.15) is 33.1 Å². The maximum atomic E-state index is 13.5. The van der Waals surface area contributed by atoms with E-state index in [4.69, 9.17) is 5.73 Å². The molecule has 2 rings (SSSR count). The molecule has 1 aromatic rings. The number of nitrogens with zero attached hydrogens (tertiary/aromatic N) is 1. The maximum Gasteiger partial charge on any atom is 0.193 e. The summed E-state index contributed by atoms with van der Waals surface area (Å²) in [4.78, 5) is 4.08. The second-order valence-corrected chi connectivity index (χ2v) is 6.22. The van der Waals surface area contributed by atoms with Crippen LogP contribution in [0.15, 0.2) is 23.2 Å². The van der Waals surface area contributed by atoms with Crippen LogP contribution in [0.3, 0.4) is 0 Å². The Morgan fingerprint density at radius 3 is 2.71 bits per heavy atom. The van der Waals surface area contributed by atoms with Crippen molar-refractivity contribution in [2.24, 2.45) is 16.1 Å². The van der Waals surface area contributed by atoms with Crippen molar-refractivity contribution in [3.8, 4) is 0 Å². The van der Waals surface area contributed by atoms with Gasteiger partial charge in [0.1, 0.15) is 11.6 Å². The summed E-state index contributed by atoms with van der Waals surface area (Å²) in [7, 11) is 0. The number of halogens is 2. The van der Waals surface area contributed by atoms with Crippen molar-refractivity contribution < 1.29 is 13.9 Å². The van der Waals surface area contributed by atoms with E-state index in [1.54, 1.807) is 0 Å². The lowest BCUT2D eigenvalue weighted by molar-refractivity contribution is -0.0334. The Morgan fingerprint density at radius 1 is 1.38 bits per heavy atom. The molecule has 1 saturated carbocycles. The molecule has 6 heteroatoms. The van der Waals surface area contributed by atoms with Crippen LogP contribution in [0.4, 0.5) is 14.5 Å². The Kier molecular flexibility index (Phi) is 4.18. The van der Waals surface area contributed by atoms with E-state index in [2.05, 4.69) is 10.3 Å². The van der Waals surface area contributed by atoms with Gasteiger partial charge in [0.15, 0.2) is 5.96 Å². The van der Waals surface area contributed by atoms with Crippen LogP contribution < -0.4 is 11.1 Å². The second-order valence-electron chi connectivity index (χ2n) is 6.22. The molecular formula is C15H21F2N3O. The Balaban J connectivity index is 2.07. The minimum atomic E-state index is -0.917. The van der Waals surface area contributed by atoms with Crippen LogP contribution in [0.5, 0.6) is 0 Å². The minimum Gasteiger partial charge on any atom is -0.387 e. The lowest BCUT2D eigenvalue weighted by atomic mass is 9.78. The summed E-state index contributed by atoms with van der Waals surface area (Å²) < 4.78 is 26.5. The highest BCUT2D eigenvalue weighted by Gasteiger charge is 2.47. The fourth-order valence-electron chi connectivity index (χ4n) is 2.67. The van der Waals surface area contributed by atoms with Gasteiger partial charge in [-0.1, -0.05) is 13.8 Å². The van der Waals surface area contributed by atoms with Crippen LogP contribution >= 0.6 is 0 Å². The number of hydrogen-bond donors (Lipinski definition) is 3. The summed E-state index contributed by atoms with van der Waals surface area (Å²) in [5.41, 5.74) is 4.46. The molecule has 0 aliphatic heterocycles. The summed E-state index contributed by atoms with van der Waals surface area (Å²) in [5, 5.41) is 13.1. The minimum absolute atomic E-state index is 0.0457. The fraction of sp³-hybridized carbons (Fsp3) is 0.533. The lowest BCUT2D eigenvalue weighted by Crippen LogP contribution is -2.43. The highest BCUT2D eigenvalue weighted by molar-refractivity contribution is 5.92. The molecular weight excluding hydrogens is 276 g/mol. The smallest absolute Gasteiger partial charge is 0.193 e. The molecule has 1 atom stereocenters. The molecule has 0 bridgehead atoms. The molecule has 1 aromatic carbocycles. The number of benzene rings is 1. The van der Waals surface area contributed by atoms with Gasteiger partial charge in [-0.05, 0) is 36.8 Å². The van der Waals surface area contributed by atoms with E-state index >= 15 is 0 Å². The van der Waals surface area contributed by atoms with Gasteiger partial charge in [-0.25, -0.2) is 8.78 Å². The molecule has 0 saturated heterocycles. The maximum absolute atomic E-state index is 13.5. The first-order chi connectivity index (χ1) is 9.73. The first kappa shape index (κ1) is 15.7. The van der Waals surface area contributed by atoms with Gasteiger partial charge in [0.05, 0.1) is 17.8 Å². The number of guanidine groups is 1. The highest BCUT2D eigenvalue weighted by Crippen LogP contribution is 2.45. The lowest BCUT2D eigenvalue weighted by Gasteiger charge is -2.35. The monoisotopic (exact) mass is 297 g/mol. The van der Waals surface area contributed by atoms with Gasteiger partial charge < -0.3 is 16.2 Å². The molecule has 0 heterocycles. The summed E-state index contributed by atoms with van der Waals surface area (Å²) in [6.45, 7) is 4.12. The molecule has 4 nitrogen and oxygen atoms in total. The fourth-order valence-corrected chi connectivity index (χ4v) is 2.67. The standard InChI is InChI=1S/C15H21F2N3O/c1-14(2)6-3-7-15(14,21)9-19-13(18)20-12-8-10(16)4-5-11(12)17/h4-5,8,21H,3,6-7,9H2,1-2H3,(H3,18,19,20). The van der Waals surface area contributed by atoms with E-state index in [1.807, 2.05) is 13.8 Å². The Morgan fingerprint density at radius 2 is 2.10 bits per heavy atom. The first-order valence-corrected chi connectivity index (χ1v) is 6.98. The van der Waals surface area contributed by atoms with Crippen LogP contribution in [-0.2, 0) is 0 Å². The normalized spacial score (nSPS) is 25.1. The predicted molar refractivity (Wildman–Crippen MR) is 79.1 cm³/mol. The quantitative estimate of drug-likeness (QED) is 0.593. The summed E-state index contributed by atoms with van der Waals surface area (Å²) in [6.07, 6.45) is 2.51.